The van der Waals surface area contributed by atoms with E-state index in [-0.39, 0.29) is 0 Å². The molecule has 2 bridgehead atoms. The summed E-state index contributed by atoms with van der Waals surface area (Å²) in [5.41, 5.74) is -4.08. The summed E-state index contributed by atoms with van der Waals surface area (Å²) in [6.07, 6.45) is -13.7. The van der Waals surface area contributed by atoms with Gasteiger partial charge in [-0.05, 0) is 6.42 Å². The molecule has 1 nitrogen and oxygen atoms in total. The Hall–Kier alpha value is -0.240. The third kappa shape index (κ3) is 1.49. The highest BCUT2D eigenvalue weighted by Crippen LogP contribution is 2.58. The molecule has 100 valence electrons. The van der Waals surface area contributed by atoms with Crippen molar-refractivity contribution in [2.24, 2.45) is 5.92 Å². The molecule has 0 spiro atoms. The predicted octanol–water partition coefficient (Wildman–Crippen LogP) is 2.79. The fourth-order valence-electron chi connectivity index (χ4n) is 2.67. The van der Waals surface area contributed by atoms with Gasteiger partial charge >= 0.3 is 12.4 Å². The van der Waals surface area contributed by atoms with Gasteiger partial charge in [0.05, 0.1) is 11.4 Å². The molecule has 0 amide bonds. The molecule has 2 fully saturated rings. The Labute approximate surface area is 96.3 Å². The molecule has 2 rings (SSSR count). The Morgan fingerprint density at radius 3 is 1.76 bits per heavy atom. The monoisotopic (exact) mass is 285 g/mol. The summed E-state index contributed by atoms with van der Waals surface area (Å²) < 4.78 is 89.3. The largest absolute Gasteiger partial charge is 0.415 e. The molecule has 0 aromatic carbocycles. The van der Waals surface area contributed by atoms with Crippen LogP contribution in [0.15, 0.2) is 0 Å². The van der Waals surface area contributed by atoms with E-state index >= 15 is 0 Å². The lowest BCUT2D eigenvalue weighted by Crippen LogP contribution is -2.70. The highest BCUT2D eigenvalue weighted by atomic mass is 35.5. The molecule has 1 saturated heterocycles. The number of hydrogen-bond acceptors (Lipinski definition) is 1. The maximum atomic E-state index is 13.1. The smallest absolute Gasteiger partial charge is 0.289 e. The molecule has 4 unspecified atom stereocenters. The van der Waals surface area contributed by atoms with Gasteiger partial charge in [0.15, 0.2) is 0 Å². The van der Waals surface area contributed by atoms with E-state index in [9.17, 15) is 30.7 Å². The van der Waals surface area contributed by atoms with E-state index in [0.717, 1.165) is 0 Å². The maximum Gasteiger partial charge on any atom is 0.415 e. The van der Waals surface area contributed by atoms with Gasteiger partial charge in [0.1, 0.15) is 6.17 Å². The predicted molar refractivity (Wildman–Crippen MR) is 44.4 cm³/mol. The molecular formula is C8H7ClF7N. The Balaban J connectivity index is 2.48. The van der Waals surface area contributed by atoms with Crippen LogP contribution in [0.1, 0.15) is 6.42 Å². The molecule has 9 heteroatoms. The van der Waals surface area contributed by atoms with Gasteiger partial charge in [0.25, 0.3) is 0 Å². The molecular weight excluding hydrogens is 279 g/mol. The zero-order valence-corrected chi connectivity index (χ0v) is 8.80. The summed E-state index contributed by atoms with van der Waals surface area (Å²) in [7, 11) is 0. The summed E-state index contributed by atoms with van der Waals surface area (Å²) >= 11 is 5.46. The number of alkyl halides is 8. The second-order valence-electron chi connectivity index (χ2n) is 4.28. The molecule has 2 aliphatic rings. The topological polar surface area (TPSA) is 12.0 Å². The molecule has 17 heavy (non-hydrogen) atoms. The van der Waals surface area contributed by atoms with Crippen molar-refractivity contribution in [2.75, 3.05) is 0 Å². The van der Waals surface area contributed by atoms with E-state index in [1.807, 2.05) is 0 Å². The van der Waals surface area contributed by atoms with Gasteiger partial charge in [0.2, 0.25) is 5.54 Å². The van der Waals surface area contributed by atoms with Crippen molar-refractivity contribution in [3.63, 3.8) is 0 Å². The standard InChI is InChI=1S/C8H7ClF7N/c9-4-2-1-3(10)5(4)17-6(2,7(11,12)13)8(14,15)16/h2-5,17H,1H2. The second kappa shape index (κ2) is 3.40. The van der Waals surface area contributed by atoms with E-state index in [4.69, 9.17) is 11.6 Å². The van der Waals surface area contributed by atoms with Crippen LogP contribution < -0.4 is 5.32 Å². The van der Waals surface area contributed by atoms with Crippen molar-refractivity contribution in [2.45, 2.75) is 41.9 Å². The van der Waals surface area contributed by atoms with Gasteiger partial charge in [0, 0.05) is 5.92 Å². The van der Waals surface area contributed by atoms with E-state index in [1.54, 1.807) is 0 Å². The molecule has 0 aromatic heterocycles. The lowest BCUT2D eigenvalue weighted by molar-refractivity contribution is -0.320. The van der Waals surface area contributed by atoms with Gasteiger partial charge in [-0.15, -0.1) is 11.6 Å². The molecule has 1 saturated carbocycles. The molecule has 0 radical (unpaired) electrons. The summed E-state index contributed by atoms with van der Waals surface area (Å²) in [6.45, 7) is 0. The van der Waals surface area contributed by atoms with Crippen LogP contribution in [0.5, 0.6) is 0 Å². The molecule has 1 N–H and O–H groups in total. The maximum absolute atomic E-state index is 13.1. The van der Waals surface area contributed by atoms with Crippen molar-refractivity contribution in [1.82, 2.24) is 5.32 Å². The van der Waals surface area contributed by atoms with Gasteiger partial charge in [-0.1, -0.05) is 0 Å². The van der Waals surface area contributed by atoms with Crippen LogP contribution in [0.25, 0.3) is 0 Å². The van der Waals surface area contributed by atoms with Crippen molar-refractivity contribution in [1.29, 1.82) is 0 Å². The Kier molecular flexibility index (Phi) is 2.64. The molecule has 1 heterocycles. The minimum atomic E-state index is -5.56. The number of nitrogens with one attached hydrogen (secondary N) is 1. The SMILES string of the molecule is FC1CC2C(Cl)C1NC2(C(F)(F)F)C(F)(F)F. The van der Waals surface area contributed by atoms with Gasteiger partial charge in [-0.2, -0.15) is 26.3 Å². The zero-order chi connectivity index (χ0) is 13.2. The molecule has 4 atom stereocenters. The summed E-state index contributed by atoms with van der Waals surface area (Å²) in [5.74, 6) is -2.02. The van der Waals surface area contributed by atoms with Gasteiger partial charge < -0.3 is 0 Å². The normalized spacial score (nSPS) is 40.9. The molecule has 0 aromatic rings. The van der Waals surface area contributed by atoms with Crippen LogP contribution in [0.4, 0.5) is 30.7 Å². The van der Waals surface area contributed by atoms with E-state index in [1.165, 1.54) is 5.32 Å². The first-order chi connectivity index (χ1) is 7.52. The fourth-order valence-corrected chi connectivity index (χ4v) is 3.18. The highest BCUT2D eigenvalue weighted by Gasteiger charge is 2.81. The molecule has 1 aliphatic carbocycles. The van der Waals surface area contributed by atoms with Crippen LogP contribution >= 0.6 is 11.6 Å². The van der Waals surface area contributed by atoms with Crippen molar-refractivity contribution in [3.8, 4) is 0 Å². The Morgan fingerprint density at radius 1 is 1.06 bits per heavy atom. The minimum Gasteiger partial charge on any atom is -0.289 e. The number of halogens is 8. The van der Waals surface area contributed by atoms with Crippen LogP contribution in [-0.4, -0.2) is 35.5 Å². The first kappa shape index (κ1) is 13.2. The average Bonchev–Trinajstić information content (AvgIpc) is 2.53. The Bertz CT molecular complexity index is 311. The quantitative estimate of drug-likeness (QED) is 0.533. The van der Waals surface area contributed by atoms with Crippen molar-refractivity contribution < 1.29 is 30.7 Å². The average molecular weight is 286 g/mol. The minimum absolute atomic E-state index is 0.829. The van der Waals surface area contributed by atoms with E-state index < -0.39 is 47.8 Å². The van der Waals surface area contributed by atoms with Gasteiger partial charge in [-0.25, -0.2) is 4.39 Å². The summed E-state index contributed by atoms with van der Waals surface area (Å²) in [6, 6.07) is -1.61. The molecule has 1 aliphatic heterocycles. The third-order valence-electron chi connectivity index (χ3n) is 3.44. The Morgan fingerprint density at radius 2 is 1.53 bits per heavy atom. The third-order valence-corrected chi connectivity index (χ3v) is 4.02. The van der Waals surface area contributed by atoms with Gasteiger partial charge in [-0.3, -0.25) is 5.32 Å². The van der Waals surface area contributed by atoms with Crippen LogP contribution in [0.2, 0.25) is 0 Å². The first-order valence-corrected chi connectivity index (χ1v) is 5.15. The highest BCUT2D eigenvalue weighted by molar-refractivity contribution is 6.22. The fraction of sp³-hybridized carbons (Fsp3) is 1.00. The first-order valence-electron chi connectivity index (χ1n) is 4.71. The summed E-state index contributed by atoms with van der Waals surface area (Å²) in [5, 5.41) is -0.180. The number of piperidine rings is 1. The summed E-state index contributed by atoms with van der Waals surface area (Å²) in [4.78, 5) is 0. The lowest BCUT2D eigenvalue weighted by atomic mass is 9.82. The van der Waals surface area contributed by atoms with Crippen LogP contribution in [-0.2, 0) is 0 Å². The van der Waals surface area contributed by atoms with E-state index in [0.29, 0.717) is 0 Å². The number of hydrogen-bond donors (Lipinski definition) is 1. The lowest BCUT2D eigenvalue weighted by Gasteiger charge is -2.41. The van der Waals surface area contributed by atoms with E-state index in [2.05, 4.69) is 0 Å². The van der Waals surface area contributed by atoms with Crippen molar-refractivity contribution in [3.05, 3.63) is 0 Å². The number of fused-ring (bicyclic) bond motifs is 2. The number of rotatable bonds is 0. The van der Waals surface area contributed by atoms with Crippen molar-refractivity contribution >= 4 is 11.6 Å². The second-order valence-corrected chi connectivity index (χ2v) is 4.78. The van der Waals surface area contributed by atoms with Crippen LogP contribution in [0, 0.1) is 5.92 Å². The zero-order valence-electron chi connectivity index (χ0n) is 8.04. The van der Waals surface area contributed by atoms with Crippen LogP contribution in [0.3, 0.4) is 0 Å².